The summed E-state index contributed by atoms with van der Waals surface area (Å²) in [7, 11) is 0. The molecular weight excluding hydrogens is 318 g/mol. The zero-order chi connectivity index (χ0) is 14.2. The topological polar surface area (TPSA) is 32.3 Å². The summed E-state index contributed by atoms with van der Waals surface area (Å²) < 4.78 is 2.01. The minimum absolute atomic E-state index is 0.144. The molecule has 2 bridgehead atoms. The maximum Gasteiger partial charge on any atom is 0.279 e. The van der Waals surface area contributed by atoms with Gasteiger partial charge in [0, 0.05) is 29.8 Å². The Balaban J connectivity index is 1.64. The van der Waals surface area contributed by atoms with E-state index in [2.05, 4.69) is 26.1 Å². The second-order valence-corrected chi connectivity index (χ2v) is 6.94. The summed E-state index contributed by atoms with van der Waals surface area (Å²) in [5, 5.41) is 3.07. The molecule has 4 nitrogen and oxygen atoms in total. The van der Waals surface area contributed by atoms with Crippen LogP contribution in [0.2, 0.25) is 0 Å². The molecule has 4 rings (SSSR count). The molecule has 5 heteroatoms. The summed E-state index contributed by atoms with van der Waals surface area (Å²) in [6, 6.07) is 5.96. The molecule has 0 saturated carbocycles. The summed E-state index contributed by atoms with van der Waals surface area (Å²) in [5.74, 6) is 0.144. The van der Waals surface area contributed by atoms with Crippen LogP contribution in [0.1, 0.15) is 5.56 Å². The predicted molar refractivity (Wildman–Crippen MR) is 83.7 cm³/mol. The molecule has 3 heterocycles. The van der Waals surface area contributed by atoms with Gasteiger partial charge in [0.25, 0.3) is 5.91 Å². The van der Waals surface area contributed by atoms with Crippen molar-refractivity contribution >= 4 is 27.5 Å². The normalized spacial score (nSPS) is 28.4. The van der Waals surface area contributed by atoms with E-state index in [-0.39, 0.29) is 5.91 Å². The van der Waals surface area contributed by atoms with Crippen molar-refractivity contribution in [3.63, 3.8) is 0 Å². The molecule has 0 aliphatic carbocycles. The molecule has 0 aromatic heterocycles. The van der Waals surface area contributed by atoms with E-state index in [4.69, 9.17) is 0 Å². The summed E-state index contributed by atoms with van der Waals surface area (Å²) in [4.78, 5) is 14.8. The van der Waals surface area contributed by atoms with Crippen molar-refractivity contribution in [2.75, 3.05) is 51.1 Å². The third kappa shape index (κ3) is 2.90. The first-order valence-corrected chi connectivity index (χ1v) is 7.99. The number of nitrogens with zero attached hydrogens (tertiary/aromatic N) is 2. The standard InChI is InChI=1S/C15H20BrN3O/c1-12-10-13(16)2-3-14(12)17-15(20)11-19-7-4-18(5-8-19)6-9-19/h2-3,10H,4-9,11H2,1H3/p+1. The summed E-state index contributed by atoms with van der Waals surface area (Å²) in [6.07, 6.45) is 0. The number of amides is 1. The van der Waals surface area contributed by atoms with Crippen LogP contribution in [0, 0.1) is 6.92 Å². The number of aryl methyl sites for hydroxylation is 1. The van der Waals surface area contributed by atoms with Gasteiger partial charge in [-0.2, -0.15) is 0 Å². The van der Waals surface area contributed by atoms with Gasteiger partial charge in [0.05, 0.1) is 19.6 Å². The molecule has 20 heavy (non-hydrogen) atoms. The van der Waals surface area contributed by atoms with E-state index in [1.807, 2.05) is 25.1 Å². The zero-order valence-electron chi connectivity index (χ0n) is 11.9. The van der Waals surface area contributed by atoms with E-state index in [0.717, 1.165) is 59.5 Å². The first kappa shape index (κ1) is 14.0. The lowest BCUT2D eigenvalue weighted by atomic mass is 10.1. The molecule has 3 aliphatic rings. The van der Waals surface area contributed by atoms with Crippen LogP contribution in [0.3, 0.4) is 0 Å². The van der Waals surface area contributed by atoms with Crippen LogP contribution in [0.4, 0.5) is 5.69 Å². The first-order valence-electron chi connectivity index (χ1n) is 7.20. The maximum atomic E-state index is 12.3. The third-order valence-corrected chi connectivity index (χ3v) is 5.11. The molecule has 3 aliphatic heterocycles. The molecule has 1 amide bonds. The number of quaternary nitrogens is 1. The monoisotopic (exact) mass is 338 g/mol. The maximum absolute atomic E-state index is 12.3. The van der Waals surface area contributed by atoms with E-state index < -0.39 is 0 Å². The fourth-order valence-corrected chi connectivity index (χ4v) is 3.71. The second kappa shape index (κ2) is 5.47. The molecule has 0 atom stereocenters. The smallest absolute Gasteiger partial charge is 0.279 e. The quantitative estimate of drug-likeness (QED) is 0.853. The largest absolute Gasteiger partial charge is 0.321 e. The van der Waals surface area contributed by atoms with Crippen molar-refractivity contribution in [3.05, 3.63) is 28.2 Å². The van der Waals surface area contributed by atoms with Crippen molar-refractivity contribution < 1.29 is 9.28 Å². The van der Waals surface area contributed by atoms with Gasteiger partial charge in [-0.05, 0) is 30.7 Å². The number of hydrogen-bond donors (Lipinski definition) is 1. The fraction of sp³-hybridized carbons (Fsp3) is 0.533. The van der Waals surface area contributed by atoms with Gasteiger partial charge in [0.15, 0.2) is 6.54 Å². The lowest BCUT2D eigenvalue weighted by Gasteiger charge is -2.50. The number of carbonyl (C=O) groups excluding carboxylic acids is 1. The number of anilines is 1. The summed E-state index contributed by atoms with van der Waals surface area (Å²) in [6.45, 7) is 9.42. The SMILES string of the molecule is Cc1cc(Br)ccc1NC(=O)C[N+]12CCN(CC1)CC2. The number of carbonyl (C=O) groups is 1. The van der Waals surface area contributed by atoms with E-state index in [1.165, 1.54) is 0 Å². The minimum atomic E-state index is 0.144. The Morgan fingerprint density at radius 1 is 1.30 bits per heavy atom. The molecule has 0 spiro atoms. The van der Waals surface area contributed by atoms with Crippen LogP contribution >= 0.6 is 15.9 Å². The Kier molecular flexibility index (Phi) is 3.84. The van der Waals surface area contributed by atoms with Gasteiger partial charge in [0.1, 0.15) is 0 Å². The zero-order valence-corrected chi connectivity index (χ0v) is 13.4. The second-order valence-electron chi connectivity index (χ2n) is 6.02. The van der Waals surface area contributed by atoms with Crippen LogP contribution in [-0.2, 0) is 4.79 Å². The predicted octanol–water partition coefficient (Wildman–Crippen LogP) is 1.84. The highest BCUT2D eigenvalue weighted by molar-refractivity contribution is 9.10. The number of halogens is 1. The highest BCUT2D eigenvalue weighted by atomic mass is 79.9. The molecule has 1 N–H and O–H groups in total. The van der Waals surface area contributed by atoms with E-state index in [0.29, 0.717) is 6.54 Å². The highest BCUT2D eigenvalue weighted by Gasteiger charge is 2.39. The van der Waals surface area contributed by atoms with Crippen LogP contribution in [-0.4, -0.2) is 61.1 Å². The van der Waals surface area contributed by atoms with Crippen LogP contribution in [0.5, 0.6) is 0 Å². The molecule has 0 radical (unpaired) electrons. The minimum Gasteiger partial charge on any atom is -0.321 e. The molecule has 3 fully saturated rings. The van der Waals surface area contributed by atoms with Gasteiger partial charge in [0.2, 0.25) is 0 Å². The van der Waals surface area contributed by atoms with Crippen molar-refractivity contribution in [2.45, 2.75) is 6.92 Å². The third-order valence-electron chi connectivity index (χ3n) is 4.61. The first-order chi connectivity index (χ1) is 9.56. The van der Waals surface area contributed by atoms with Gasteiger partial charge >= 0.3 is 0 Å². The van der Waals surface area contributed by atoms with Gasteiger partial charge in [-0.3, -0.25) is 9.69 Å². The van der Waals surface area contributed by atoms with Crippen LogP contribution < -0.4 is 5.32 Å². The van der Waals surface area contributed by atoms with Gasteiger partial charge < -0.3 is 9.80 Å². The average Bonchev–Trinajstić information content (AvgIpc) is 2.43. The summed E-state index contributed by atoms with van der Waals surface area (Å²) in [5.41, 5.74) is 2.02. The lowest BCUT2D eigenvalue weighted by Crippen LogP contribution is -2.68. The van der Waals surface area contributed by atoms with Crippen molar-refractivity contribution in [1.82, 2.24) is 4.90 Å². The van der Waals surface area contributed by atoms with E-state index >= 15 is 0 Å². The summed E-state index contributed by atoms with van der Waals surface area (Å²) >= 11 is 3.45. The number of rotatable bonds is 3. The molecule has 1 aromatic carbocycles. The lowest BCUT2D eigenvalue weighted by molar-refractivity contribution is -0.933. The van der Waals surface area contributed by atoms with Crippen molar-refractivity contribution in [3.8, 4) is 0 Å². The Bertz CT molecular complexity index is 510. The number of benzene rings is 1. The number of hydrogen-bond acceptors (Lipinski definition) is 2. The van der Waals surface area contributed by atoms with E-state index in [9.17, 15) is 4.79 Å². The molecule has 0 unspecified atom stereocenters. The number of piperazine rings is 3. The van der Waals surface area contributed by atoms with Gasteiger partial charge in [-0.25, -0.2) is 0 Å². The van der Waals surface area contributed by atoms with Crippen LogP contribution in [0.15, 0.2) is 22.7 Å². The molecule has 108 valence electrons. The Labute approximate surface area is 128 Å². The average molecular weight is 339 g/mol. The van der Waals surface area contributed by atoms with Gasteiger partial charge in [-0.15, -0.1) is 0 Å². The highest BCUT2D eigenvalue weighted by Crippen LogP contribution is 2.22. The molecule has 1 aromatic rings. The fourth-order valence-electron chi connectivity index (χ4n) is 3.23. The molecular formula is C15H21BrN3O+. The Morgan fingerprint density at radius 3 is 2.55 bits per heavy atom. The molecule has 3 saturated heterocycles. The Hall–Kier alpha value is -0.910. The van der Waals surface area contributed by atoms with E-state index in [1.54, 1.807) is 0 Å². The van der Waals surface area contributed by atoms with Crippen molar-refractivity contribution in [2.24, 2.45) is 0 Å². The Morgan fingerprint density at radius 2 is 1.95 bits per heavy atom. The number of nitrogens with one attached hydrogen (secondary N) is 1. The van der Waals surface area contributed by atoms with Gasteiger partial charge in [-0.1, -0.05) is 15.9 Å². The van der Waals surface area contributed by atoms with Crippen molar-refractivity contribution in [1.29, 1.82) is 0 Å². The number of fused-ring (bicyclic) bond motifs is 3. The van der Waals surface area contributed by atoms with Crippen LogP contribution in [0.25, 0.3) is 0 Å².